The molecule has 0 atom stereocenters. The number of ether oxygens (including phenoxy) is 2. The zero-order chi connectivity index (χ0) is 26.5. The largest absolute Gasteiger partial charge is 0.490 e. The molecule has 0 unspecified atom stereocenters. The van der Waals surface area contributed by atoms with E-state index in [9.17, 15) is 19.2 Å². The molecule has 2 N–H and O–H groups in total. The van der Waals surface area contributed by atoms with Crippen molar-refractivity contribution < 1.29 is 33.8 Å². The summed E-state index contributed by atoms with van der Waals surface area (Å²) < 4.78 is 12.5. The van der Waals surface area contributed by atoms with Crippen LogP contribution in [0.4, 0.5) is 10.5 Å². The van der Waals surface area contributed by atoms with Gasteiger partial charge in [0.1, 0.15) is 12.2 Å². The van der Waals surface area contributed by atoms with E-state index in [0.29, 0.717) is 33.8 Å². The predicted octanol–water partition coefficient (Wildman–Crippen LogP) is 4.63. The van der Waals surface area contributed by atoms with Crippen LogP contribution in [0.2, 0.25) is 0 Å². The van der Waals surface area contributed by atoms with Gasteiger partial charge in [0.05, 0.1) is 21.4 Å². The smallest absolute Gasteiger partial charge is 0.335 e. The predicted molar refractivity (Wildman–Crippen MR) is 144 cm³/mol. The summed E-state index contributed by atoms with van der Waals surface area (Å²) in [6.07, 6.45) is 1.37. The molecule has 1 heterocycles. The SMILES string of the molecule is CCOc1cc(/C=C2\C(=O)NC(=O)N(c3ccc(C(=O)O)cc3)C2=O)cc(I)c1OCc1ccccc1. The van der Waals surface area contributed by atoms with E-state index in [4.69, 9.17) is 14.6 Å². The minimum absolute atomic E-state index is 0.00643. The fraction of sp³-hybridized carbons (Fsp3) is 0.111. The molecule has 1 saturated heterocycles. The molecule has 1 aliphatic heterocycles. The Labute approximate surface area is 225 Å². The highest BCUT2D eigenvalue weighted by molar-refractivity contribution is 14.1. The number of carbonyl (C=O) groups is 4. The highest BCUT2D eigenvalue weighted by Crippen LogP contribution is 2.36. The maximum atomic E-state index is 13.2. The lowest BCUT2D eigenvalue weighted by Gasteiger charge is -2.26. The molecule has 0 aromatic heterocycles. The van der Waals surface area contributed by atoms with Crippen molar-refractivity contribution in [1.82, 2.24) is 5.32 Å². The highest BCUT2D eigenvalue weighted by atomic mass is 127. The first-order valence-corrected chi connectivity index (χ1v) is 12.2. The molecule has 0 radical (unpaired) electrons. The molecule has 3 aromatic rings. The van der Waals surface area contributed by atoms with E-state index in [1.807, 2.05) is 37.3 Å². The maximum absolute atomic E-state index is 13.2. The Morgan fingerprint density at radius 1 is 1.03 bits per heavy atom. The summed E-state index contributed by atoms with van der Waals surface area (Å²) in [7, 11) is 0. The second-order valence-electron chi connectivity index (χ2n) is 7.85. The Balaban J connectivity index is 1.65. The first kappa shape index (κ1) is 25.9. The molecule has 0 spiro atoms. The quantitative estimate of drug-likeness (QED) is 0.216. The summed E-state index contributed by atoms with van der Waals surface area (Å²) in [4.78, 5) is 50.1. The molecule has 0 saturated carbocycles. The number of hydrogen-bond donors (Lipinski definition) is 2. The summed E-state index contributed by atoms with van der Waals surface area (Å²) in [5, 5.41) is 11.2. The van der Waals surface area contributed by atoms with Gasteiger partial charge in [-0.1, -0.05) is 30.3 Å². The number of carboxylic acids is 1. The van der Waals surface area contributed by atoms with Crippen LogP contribution < -0.4 is 19.7 Å². The van der Waals surface area contributed by atoms with Crippen molar-refractivity contribution in [3.63, 3.8) is 0 Å². The molecule has 0 bridgehead atoms. The average molecular weight is 612 g/mol. The maximum Gasteiger partial charge on any atom is 0.335 e. The van der Waals surface area contributed by atoms with Crippen molar-refractivity contribution in [2.75, 3.05) is 11.5 Å². The molecule has 0 aliphatic carbocycles. The van der Waals surface area contributed by atoms with Crippen LogP contribution in [0.15, 0.2) is 72.3 Å². The summed E-state index contributed by atoms with van der Waals surface area (Å²) in [5.41, 5.74) is 1.33. The number of nitrogens with zero attached hydrogens (tertiary/aromatic N) is 1. The molecule has 4 amide bonds. The van der Waals surface area contributed by atoms with Crippen molar-refractivity contribution >= 4 is 58.2 Å². The van der Waals surface area contributed by atoms with Gasteiger partial charge in [-0.2, -0.15) is 0 Å². The van der Waals surface area contributed by atoms with Crippen molar-refractivity contribution in [2.24, 2.45) is 0 Å². The normalized spacial score (nSPS) is 14.5. The molecular weight excluding hydrogens is 591 g/mol. The standard InChI is InChI=1S/C27H21IN2O7/c1-2-36-22-14-17(13-21(28)23(22)37-15-16-6-4-3-5-7-16)12-20-24(31)29-27(35)30(25(20)32)19-10-8-18(9-11-19)26(33)34/h3-14H,2,15H2,1H3,(H,33,34)(H,29,31,35)/b20-12+. The number of anilines is 1. The number of halogens is 1. The molecule has 10 heteroatoms. The van der Waals surface area contributed by atoms with E-state index in [-0.39, 0.29) is 16.8 Å². The third-order valence-electron chi connectivity index (χ3n) is 5.34. The van der Waals surface area contributed by atoms with E-state index in [2.05, 4.69) is 27.9 Å². The number of amides is 4. The number of hydrogen-bond acceptors (Lipinski definition) is 6. The number of barbiturate groups is 1. The van der Waals surface area contributed by atoms with Crippen LogP contribution >= 0.6 is 22.6 Å². The van der Waals surface area contributed by atoms with Crippen molar-refractivity contribution in [3.05, 3.63) is 92.6 Å². The number of benzene rings is 3. The number of rotatable bonds is 8. The lowest BCUT2D eigenvalue weighted by molar-refractivity contribution is -0.122. The van der Waals surface area contributed by atoms with Crippen LogP contribution in [0.5, 0.6) is 11.5 Å². The number of carbonyl (C=O) groups excluding carboxylic acids is 3. The highest BCUT2D eigenvalue weighted by Gasteiger charge is 2.37. The Morgan fingerprint density at radius 3 is 2.38 bits per heavy atom. The summed E-state index contributed by atoms with van der Waals surface area (Å²) in [5.74, 6) is -1.85. The molecule has 4 rings (SSSR count). The summed E-state index contributed by atoms with van der Waals surface area (Å²) >= 11 is 2.09. The fourth-order valence-electron chi connectivity index (χ4n) is 3.62. The van der Waals surface area contributed by atoms with E-state index >= 15 is 0 Å². The van der Waals surface area contributed by atoms with E-state index in [0.717, 1.165) is 10.5 Å². The Kier molecular flexibility index (Phi) is 7.87. The van der Waals surface area contributed by atoms with Crippen LogP contribution in [-0.4, -0.2) is 35.5 Å². The number of nitrogens with one attached hydrogen (secondary N) is 1. The first-order valence-electron chi connectivity index (χ1n) is 11.2. The van der Waals surface area contributed by atoms with E-state index < -0.39 is 23.8 Å². The second kappa shape index (κ2) is 11.2. The van der Waals surface area contributed by atoms with E-state index in [1.54, 1.807) is 12.1 Å². The minimum atomic E-state index is -1.15. The van der Waals surface area contributed by atoms with Gasteiger partial charge in [-0.15, -0.1) is 0 Å². The number of imide groups is 2. The van der Waals surface area contributed by atoms with Crippen LogP contribution in [0, 0.1) is 3.57 Å². The second-order valence-corrected chi connectivity index (χ2v) is 9.01. The van der Waals surface area contributed by atoms with E-state index in [1.165, 1.54) is 30.3 Å². The monoisotopic (exact) mass is 612 g/mol. The van der Waals surface area contributed by atoms with Gasteiger partial charge >= 0.3 is 12.0 Å². The van der Waals surface area contributed by atoms with Crippen molar-refractivity contribution in [1.29, 1.82) is 0 Å². The number of carboxylic acid groups (broad SMARTS) is 1. The summed E-state index contributed by atoms with van der Waals surface area (Å²) in [6, 6.07) is 17.3. The van der Waals surface area contributed by atoms with Gasteiger partial charge in [0.2, 0.25) is 0 Å². The molecule has 3 aromatic carbocycles. The topological polar surface area (TPSA) is 122 Å². The molecule has 1 fully saturated rings. The van der Waals surface area contributed by atoms with Gasteiger partial charge in [0.15, 0.2) is 11.5 Å². The molecule has 9 nitrogen and oxygen atoms in total. The van der Waals surface area contributed by atoms with Gasteiger partial charge in [-0.05, 0) is 83.1 Å². The molecule has 188 valence electrons. The molecular formula is C27H21IN2O7. The fourth-order valence-corrected chi connectivity index (χ4v) is 4.40. The third kappa shape index (κ3) is 5.80. The lowest BCUT2D eigenvalue weighted by Crippen LogP contribution is -2.54. The van der Waals surface area contributed by atoms with Gasteiger partial charge in [-0.25, -0.2) is 14.5 Å². The van der Waals surface area contributed by atoms with Crippen LogP contribution in [0.1, 0.15) is 28.4 Å². The molecule has 37 heavy (non-hydrogen) atoms. The summed E-state index contributed by atoms with van der Waals surface area (Å²) in [6.45, 7) is 2.53. The molecule has 1 aliphatic rings. The van der Waals surface area contributed by atoms with Gasteiger partial charge < -0.3 is 14.6 Å². The average Bonchev–Trinajstić information content (AvgIpc) is 2.87. The third-order valence-corrected chi connectivity index (χ3v) is 6.14. The zero-order valence-corrected chi connectivity index (χ0v) is 21.7. The van der Waals surface area contributed by atoms with Crippen LogP contribution in [0.3, 0.4) is 0 Å². The van der Waals surface area contributed by atoms with Crippen LogP contribution in [0.25, 0.3) is 6.08 Å². The van der Waals surface area contributed by atoms with Gasteiger partial charge in [0, 0.05) is 0 Å². The Bertz CT molecular complexity index is 1400. The number of aromatic carboxylic acids is 1. The van der Waals surface area contributed by atoms with Gasteiger partial charge in [-0.3, -0.25) is 14.9 Å². The zero-order valence-electron chi connectivity index (χ0n) is 19.6. The van der Waals surface area contributed by atoms with Crippen LogP contribution in [-0.2, 0) is 16.2 Å². The Morgan fingerprint density at radius 2 is 1.73 bits per heavy atom. The van der Waals surface area contributed by atoms with Gasteiger partial charge in [0.25, 0.3) is 11.8 Å². The minimum Gasteiger partial charge on any atom is -0.490 e. The first-order chi connectivity index (χ1) is 17.8. The number of urea groups is 1. The lowest BCUT2D eigenvalue weighted by atomic mass is 10.1. The van der Waals surface area contributed by atoms with Crippen molar-refractivity contribution in [2.45, 2.75) is 13.5 Å². The Hall–Kier alpha value is -4.19. The van der Waals surface area contributed by atoms with Crippen molar-refractivity contribution in [3.8, 4) is 11.5 Å².